The van der Waals surface area contributed by atoms with Crippen LogP contribution in [0.2, 0.25) is 0 Å². The number of amides is 2. The molecule has 1 atom stereocenters. The molecule has 0 aromatic heterocycles. The molecule has 0 aromatic rings. The smallest absolute Gasteiger partial charge is 0.407 e. The first-order valence-corrected chi connectivity index (χ1v) is 8.10. The van der Waals surface area contributed by atoms with E-state index >= 15 is 0 Å². The minimum atomic E-state index is -0.484. The minimum Gasteiger partial charge on any atom is -0.444 e. The van der Waals surface area contributed by atoms with Crippen molar-refractivity contribution in [3.05, 3.63) is 0 Å². The number of ether oxygens (including phenoxy) is 1. The van der Waals surface area contributed by atoms with Crippen LogP contribution in [0.5, 0.6) is 0 Å². The van der Waals surface area contributed by atoms with Crippen LogP contribution in [-0.4, -0.2) is 41.6 Å². The molecule has 1 aliphatic heterocycles. The molecule has 1 rings (SSSR count). The van der Waals surface area contributed by atoms with E-state index in [9.17, 15) is 9.59 Å². The zero-order valence-electron chi connectivity index (χ0n) is 13.9. The summed E-state index contributed by atoms with van der Waals surface area (Å²) >= 11 is 0. The van der Waals surface area contributed by atoms with E-state index in [0.29, 0.717) is 25.4 Å². The van der Waals surface area contributed by atoms with E-state index < -0.39 is 11.7 Å². The fraction of sp³-hybridized carbons (Fsp3) is 0.875. The lowest BCUT2D eigenvalue weighted by atomic mass is 9.99. The number of alkyl carbamates (subject to hydrolysis) is 1. The van der Waals surface area contributed by atoms with Gasteiger partial charge in [0.2, 0.25) is 5.91 Å². The van der Waals surface area contributed by atoms with E-state index in [1.807, 2.05) is 25.7 Å². The number of rotatable bonds is 5. The summed E-state index contributed by atoms with van der Waals surface area (Å²) in [5.41, 5.74) is -0.484. The number of hydrogen-bond donors (Lipinski definition) is 1. The van der Waals surface area contributed by atoms with Crippen LogP contribution in [0.25, 0.3) is 0 Å². The van der Waals surface area contributed by atoms with Crippen molar-refractivity contribution in [1.29, 1.82) is 0 Å². The van der Waals surface area contributed by atoms with Crippen LogP contribution >= 0.6 is 0 Å². The van der Waals surface area contributed by atoms with Gasteiger partial charge in [0.1, 0.15) is 5.60 Å². The molecule has 0 aliphatic carbocycles. The molecule has 1 fully saturated rings. The lowest BCUT2D eigenvalue weighted by Gasteiger charge is -2.35. The van der Waals surface area contributed by atoms with Gasteiger partial charge in [0.15, 0.2) is 0 Å². The molecule has 0 aromatic carbocycles. The summed E-state index contributed by atoms with van der Waals surface area (Å²) in [6.45, 7) is 8.99. The second-order valence-electron chi connectivity index (χ2n) is 6.68. The Balaban J connectivity index is 2.22. The standard InChI is InChI=1S/C16H30N2O3/c1-5-13-9-6-7-12-18(13)14(19)10-8-11-17-15(20)21-16(2,3)4/h13H,5-12H2,1-4H3,(H,17,20). The fourth-order valence-corrected chi connectivity index (χ4v) is 2.64. The van der Waals surface area contributed by atoms with Gasteiger partial charge in [-0.2, -0.15) is 0 Å². The zero-order valence-corrected chi connectivity index (χ0v) is 13.9. The molecule has 2 amide bonds. The summed E-state index contributed by atoms with van der Waals surface area (Å²) in [4.78, 5) is 25.7. The molecule has 1 unspecified atom stereocenters. The van der Waals surface area contributed by atoms with Gasteiger partial charge in [0.25, 0.3) is 0 Å². The number of piperidine rings is 1. The highest BCUT2D eigenvalue weighted by molar-refractivity contribution is 5.76. The van der Waals surface area contributed by atoms with E-state index in [1.165, 1.54) is 6.42 Å². The Morgan fingerprint density at radius 3 is 2.62 bits per heavy atom. The quantitative estimate of drug-likeness (QED) is 0.794. The third kappa shape index (κ3) is 6.82. The number of nitrogens with one attached hydrogen (secondary N) is 1. The molecule has 0 saturated carbocycles. The van der Waals surface area contributed by atoms with Crippen LogP contribution in [0.15, 0.2) is 0 Å². The fourth-order valence-electron chi connectivity index (χ4n) is 2.64. The Morgan fingerprint density at radius 2 is 2.00 bits per heavy atom. The largest absolute Gasteiger partial charge is 0.444 e. The molecular weight excluding hydrogens is 268 g/mol. The highest BCUT2D eigenvalue weighted by Crippen LogP contribution is 2.20. The Labute approximate surface area is 128 Å². The van der Waals surface area contributed by atoms with Crippen molar-refractivity contribution < 1.29 is 14.3 Å². The molecule has 1 aliphatic rings. The number of carbonyl (C=O) groups is 2. The second kappa shape index (κ2) is 8.25. The van der Waals surface area contributed by atoms with Gasteiger partial charge in [-0.05, 0) is 52.9 Å². The average molecular weight is 298 g/mol. The molecular formula is C16H30N2O3. The molecule has 21 heavy (non-hydrogen) atoms. The van der Waals surface area contributed by atoms with E-state index in [2.05, 4.69) is 12.2 Å². The predicted molar refractivity (Wildman–Crippen MR) is 83.1 cm³/mol. The lowest BCUT2D eigenvalue weighted by Crippen LogP contribution is -2.43. The third-order valence-electron chi connectivity index (χ3n) is 3.65. The van der Waals surface area contributed by atoms with Gasteiger partial charge in [-0.25, -0.2) is 4.79 Å². The third-order valence-corrected chi connectivity index (χ3v) is 3.65. The molecule has 5 nitrogen and oxygen atoms in total. The number of nitrogens with zero attached hydrogens (tertiary/aromatic N) is 1. The van der Waals surface area contributed by atoms with Crippen molar-refractivity contribution in [2.45, 2.75) is 77.9 Å². The topological polar surface area (TPSA) is 58.6 Å². The van der Waals surface area contributed by atoms with Crippen molar-refractivity contribution in [2.24, 2.45) is 0 Å². The zero-order chi connectivity index (χ0) is 15.9. The highest BCUT2D eigenvalue weighted by atomic mass is 16.6. The summed E-state index contributed by atoms with van der Waals surface area (Å²) in [6, 6.07) is 0.407. The molecule has 1 saturated heterocycles. The van der Waals surface area contributed by atoms with Gasteiger partial charge in [-0.15, -0.1) is 0 Å². The maximum atomic E-state index is 12.2. The monoisotopic (exact) mass is 298 g/mol. The van der Waals surface area contributed by atoms with E-state index in [1.54, 1.807) is 0 Å². The van der Waals surface area contributed by atoms with Crippen LogP contribution in [-0.2, 0) is 9.53 Å². The molecule has 0 bridgehead atoms. The summed E-state index contributed by atoms with van der Waals surface area (Å²) in [5.74, 6) is 0.215. The Bertz CT molecular complexity index is 350. The molecule has 1 N–H and O–H groups in total. The Morgan fingerprint density at radius 1 is 1.29 bits per heavy atom. The van der Waals surface area contributed by atoms with Crippen LogP contribution in [0.3, 0.4) is 0 Å². The van der Waals surface area contributed by atoms with Crippen molar-refractivity contribution in [1.82, 2.24) is 10.2 Å². The number of likely N-dealkylation sites (tertiary alicyclic amines) is 1. The summed E-state index contributed by atoms with van der Waals surface area (Å²) in [6.07, 6.45) is 5.22. The first-order chi connectivity index (χ1) is 9.83. The normalized spacial score (nSPS) is 19.2. The first-order valence-electron chi connectivity index (χ1n) is 8.10. The predicted octanol–water partition coefficient (Wildman–Crippen LogP) is 3.08. The minimum absolute atomic E-state index is 0.215. The molecule has 122 valence electrons. The van der Waals surface area contributed by atoms with Crippen molar-refractivity contribution in [2.75, 3.05) is 13.1 Å². The molecule has 1 heterocycles. The Kier molecular flexibility index (Phi) is 6.99. The average Bonchev–Trinajstić information content (AvgIpc) is 2.41. The Hall–Kier alpha value is -1.26. The maximum absolute atomic E-state index is 12.2. The lowest BCUT2D eigenvalue weighted by molar-refractivity contribution is -0.135. The van der Waals surface area contributed by atoms with E-state index in [4.69, 9.17) is 4.74 Å². The van der Waals surface area contributed by atoms with Gasteiger partial charge >= 0.3 is 6.09 Å². The SMILES string of the molecule is CCC1CCCCN1C(=O)CCCNC(=O)OC(C)(C)C. The van der Waals surface area contributed by atoms with Crippen molar-refractivity contribution >= 4 is 12.0 Å². The maximum Gasteiger partial charge on any atom is 0.407 e. The van der Waals surface area contributed by atoms with Gasteiger partial charge in [-0.3, -0.25) is 4.79 Å². The van der Waals surface area contributed by atoms with Gasteiger partial charge < -0.3 is 15.0 Å². The summed E-state index contributed by atoms with van der Waals surface area (Å²) in [7, 11) is 0. The van der Waals surface area contributed by atoms with Gasteiger partial charge in [0.05, 0.1) is 0 Å². The van der Waals surface area contributed by atoms with Crippen molar-refractivity contribution in [3.63, 3.8) is 0 Å². The van der Waals surface area contributed by atoms with Crippen LogP contribution in [0.4, 0.5) is 4.79 Å². The molecule has 0 spiro atoms. The highest BCUT2D eigenvalue weighted by Gasteiger charge is 2.24. The summed E-state index contributed by atoms with van der Waals surface area (Å²) in [5, 5.41) is 2.69. The molecule has 0 radical (unpaired) electrons. The van der Waals surface area contributed by atoms with Gasteiger partial charge in [0, 0.05) is 25.6 Å². The van der Waals surface area contributed by atoms with E-state index in [-0.39, 0.29) is 5.91 Å². The van der Waals surface area contributed by atoms with Crippen LogP contribution < -0.4 is 5.32 Å². The summed E-state index contributed by atoms with van der Waals surface area (Å²) < 4.78 is 5.15. The van der Waals surface area contributed by atoms with E-state index in [0.717, 1.165) is 25.8 Å². The first kappa shape index (κ1) is 17.8. The van der Waals surface area contributed by atoms with Crippen LogP contribution in [0.1, 0.15) is 66.2 Å². The second-order valence-corrected chi connectivity index (χ2v) is 6.68. The number of carbonyl (C=O) groups excluding carboxylic acids is 2. The van der Waals surface area contributed by atoms with Crippen LogP contribution in [0, 0.1) is 0 Å². The molecule has 5 heteroatoms. The van der Waals surface area contributed by atoms with Crippen molar-refractivity contribution in [3.8, 4) is 0 Å². The van der Waals surface area contributed by atoms with Gasteiger partial charge in [-0.1, -0.05) is 6.92 Å². The number of hydrogen-bond acceptors (Lipinski definition) is 3.